The van der Waals surface area contributed by atoms with Gasteiger partial charge in [0.05, 0.1) is 30.0 Å². The van der Waals surface area contributed by atoms with E-state index >= 15 is 0 Å². The fourth-order valence-electron chi connectivity index (χ4n) is 5.20. The average Bonchev–Trinajstić information content (AvgIpc) is 3.18. The van der Waals surface area contributed by atoms with Crippen LogP contribution in [0.3, 0.4) is 0 Å². The number of carbonyl (C=O) groups is 1. The maximum absolute atomic E-state index is 13.6. The molecule has 1 aliphatic rings. The minimum Gasteiger partial charge on any atom is -0.497 e. The molecule has 0 aliphatic carbocycles. The smallest absolute Gasteiger partial charge is 0.420 e. The molecular formula is C30H35N5O4. The van der Waals surface area contributed by atoms with Crippen LogP contribution in [0.25, 0.3) is 11.0 Å². The third kappa shape index (κ3) is 5.54. The van der Waals surface area contributed by atoms with Crippen molar-refractivity contribution in [2.45, 2.75) is 32.9 Å². The number of amides is 1. The van der Waals surface area contributed by atoms with Crippen molar-refractivity contribution in [2.24, 2.45) is 13.0 Å². The van der Waals surface area contributed by atoms with Gasteiger partial charge in [0.25, 0.3) is 0 Å². The number of methoxy groups -OCH3 is 1. The Labute approximate surface area is 228 Å². The van der Waals surface area contributed by atoms with Crippen molar-refractivity contribution in [2.75, 3.05) is 32.1 Å². The van der Waals surface area contributed by atoms with Crippen molar-refractivity contribution in [3.05, 3.63) is 82.4 Å². The Balaban J connectivity index is 1.54. The molecule has 0 spiro atoms. The van der Waals surface area contributed by atoms with Gasteiger partial charge in [0, 0.05) is 19.7 Å². The van der Waals surface area contributed by atoms with Gasteiger partial charge >= 0.3 is 11.8 Å². The Morgan fingerprint density at radius 1 is 1.05 bits per heavy atom. The lowest BCUT2D eigenvalue weighted by atomic mass is 9.97. The number of fused-ring (bicyclic) bond motifs is 1. The highest BCUT2D eigenvalue weighted by atomic mass is 16.6. The lowest BCUT2D eigenvalue weighted by molar-refractivity contribution is 0.150. The van der Waals surface area contributed by atoms with Crippen LogP contribution in [0.4, 0.5) is 16.3 Å². The van der Waals surface area contributed by atoms with Crippen molar-refractivity contribution in [3.63, 3.8) is 0 Å². The van der Waals surface area contributed by atoms with Crippen molar-refractivity contribution < 1.29 is 14.3 Å². The van der Waals surface area contributed by atoms with Crippen LogP contribution in [-0.4, -0.2) is 52.4 Å². The van der Waals surface area contributed by atoms with Crippen LogP contribution in [0.15, 0.2) is 65.6 Å². The van der Waals surface area contributed by atoms with E-state index in [2.05, 4.69) is 16.9 Å². The van der Waals surface area contributed by atoms with Crippen molar-refractivity contribution >= 4 is 28.6 Å². The molecule has 4 aromatic rings. The predicted octanol–water partition coefficient (Wildman–Crippen LogP) is 4.87. The second-order valence-electron chi connectivity index (χ2n) is 10.3. The number of anilines is 2. The summed E-state index contributed by atoms with van der Waals surface area (Å²) in [6, 6.07) is 16.9. The van der Waals surface area contributed by atoms with Crippen molar-refractivity contribution in [1.29, 1.82) is 0 Å². The van der Waals surface area contributed by atoms with Crippen LogP contribution in [0, 0.1) is 12.8 Å². The number of likely N-dealkylation sites (tertiary alicyclic amines) is 1. The first-order valence-corrected chi connectivity index (χ1v) is 13.2. The van der Waals surface area contributed by atoms with E-state index < -0.39 is 6.09 Å². The lowest BCUT2D eigenvalue weighted by Gasteiger charge is -2.29. The number of pyridine rings is 1. The molecule has 1 saturated heterocycles. The molecule has 0 radical (unpaired) electrons. The van der Waals surface area contributed by atoms with Crippen LogP contribution in [0.2, 0.25) is 0 Å². The molecule has 9 nitrogen and oxygen atoms in total. The summed E-state index contributed by atoms with van der Waals surface area (Å²) in [5.41, 5.74) is 3.72. The number of carbonyl (C=O) groups excluding carboxylic acids is 1. The van der Waals surface area contributed by atoms with Crippen molar-refractivity contribution in [1.82, 2.24) is 19.0 Å². The molecule has 0 atom stereocenters. The van der Waals surface area contributed by atoms with Crippen LogP contribution < -0.4 is 15.3 Å². The van der Waals surface area contributed by atoms with E-state index in [1.165, 1.54) is 4.90 Å². The number of hydrogen-bond acceptors (Lipinski definition) is 6. The Morgan fingerprint density at radius 2 is 1.79 bits per heavy atom. The molecule has 1 aliphatic heterocycles. The largest absolute Gasteiger partial charge is 0.497 e. The van der Waals surface area contributed by atoms with Crippen LogP contribution in [0.5, 0.6) is 5.75 Å². The third-order valence-electron chi connectivity index (χ3n) is 7.56. The van der Waals surface area contributed by atoms with E-state index in [9.17, 15) is 9.59 Å². The summed E-state index contributed by atoms with van der Waals surface area (Å²) in [6.07, 6.45) is 3.19. The molecule has 3 heterocycles. The molecule has 0 unspecified atom stereocenters. The van der Waals surface area contributed by atoms with Gasteiger partial charge in [-0.05, 0) is 75.1 Å². The molecule has 9 heteroatoms. The Bertz CT molecular complexity index is 1520. The number of piperidine rings is 1. The van der Waals surface area contributed by atoms with E-state index in [1.807, 2.05) is 60.0 Å². The second kappa shape index (κ2) is 11.3. The van der Waals surface area contributed by atoms with E-state index in [0.29, 0.717) is 29.7 Å². The zero-order valence-electron chi connectivity index (χ0n) is 23.0. The number of nitrogens with zero attached hydrogens (tertiary/aromatic N) is 5. The lowest BCUT2D eigenvalue weighted by Crippen LogP contribution is -2.34. The van der Waals surface area contributed by atoms with Gasteiger partial charge in [-0.3, -0.25) is 9.13 Å². The third-order valence-corrected chi connectivity index (χ3v) is 7.56. The van der Waals surface area contributed by atoms with E-state index in [0.717, 1.165) is 48.1 Å². The van der Waals surface area contributed by atoms with Gasteiger partial charge in [0.15, 0.2) is 0 Å². The summed E-state index contributed by atoms with van der Waals surface area (Å²) in [7, 11) is 5.50. The minimum atomic E-state index is -0.556. The van der Waals surface area contributed by atoms with Gasteiger partial charge in [0.2, 0.25) is 0 Å². The molecule has 1 amide bonds. The molecule has 5 rings (SSSR count). The van der Waals surface area contributed by atoms with Crippen LogP contribution in [-0.2, 0) is 24.9 Å². The number of ether oxygens (including phenoxy) is 2. The minimum absolute atomic E-state index is 0.0817. The van der Waals surface area contributed by atoms with Gasteiger partial charge in [-0.25, -0.2) is 19.5 Å². The Morgan fingerprint density at radius 3 is 2.49 bits per heavy atom. The highest BCUT2D eigenvalue weighted by molar-refractivity contribution is 5.97. The number of rotatable bonds is 7. The number of benzene rings is 2. The van der Waals surface area contributed by atoms with Crippen LogP contribution in [0.1, 0.15) is 24.0 Å². The molecule has 2 aromatic heterocycles. The summed E-state index contributed by atoms with van der Waals surface area (Å²) in [4.78, 5) is 35.3. The summed E-state index contributed by atoms with van der Waals surface area (Å²) in [6.45, 7) is 4.71. The molecule has 0 bridgehead atoms. The Hall–Kier alpha value is -4.11. The predicted molar refractivity (Wildman–Crippen MR) is 152 cm³/mol. The summed E-state index contributed by atoms with van der Waals surface area (Å²) in [5.74, 6) is 1.49. The number of aromatic nitrogens is 3. The number of hydrogen-bond donors (Lipinski definition) is 0. The van der Waals surface area contributed by atoms with E-state index in [1.54, 1.807) is 31.0 Å². The second-order valence-corrected chi connectivity index (χ2v) is 10.3. The molecule has 2 aromatic carbocycles. The van der Waals surface area contributed by atoms with Gasteiger partial charge in [-0.2, -0.15) is 0 Å². The summed E-state index contributed by atoms with van der Waals surface area (Å²) >= 11 is 0. The molecule has 0 saturated carbocycles. The maximum Gasteiger partial charge on any atom is 0.420 e. The highest BCUT2D eigenvalue weighted by Crippen LogP contribution is 2.32. The van der Waals surface area contributed by atoms with Gasteiger partial charge in [-0.15, -0.1) is 0 Å². The number of aryl methyl sites for hydroxylation is 2. The summed E-state index contributed by atoms with van der Waals surface area (Å²) < 4.78 is 14.6. The Kier molecular flexibility index (Phi) is 7.70. The van der Waals surface area contributed by atoms with Gasteiger partial charge in [-0.1, -0.05) is 30.3 Å². The van der Waals surface area contributed by atoms with Gasteiger partial charge in [0.1, 0.15) is 18.2 Å². The van der Waals surface area contributed by atoms with E-state index in [4.69, 9.17) is 9.47 Å². The van der Waals surface area contributed by atoms with Gasteiger partial charge < -0.3 is 14.4 Å². The first kappa shape index (κ1) is 26.5. The number of imidazole rings is 1. The SMILES string of the molecule is COc1ccc(N(C(=O)OCc2ccccc2)c2cc3c(cn2)n(C)c(=O)n3CC2CCN(C)CC2)c(C)c1. The first-order chi connectivity index (χ1) is 18.9. The zero-order valence-corrected chi connectivity index (χ0v) is 23.0. The molecular weight excluding hydrogens is 494 g/mol. The monoisotopic (exact) mass is 529 g/mol. The zero-order chi connectivity index (χ0) is 27.5. The van der Waals surface area contributed by atoms with Crippen LogP contribution >= 0.6 is 0 Å². The fraction of sp³-hybridized carbons (Fsp3) is 0.367. The maximum atomic E-state index is 13.6. The van der Waals surface area contributed by atoms with E-state index in [-0.39, 0.29) is 12.3 Å². The average molecular weight is 530 g/mol. The quantitative estimate of drug-likeness (QED) is 0.340. The first-order valence-electron chi connectivity index (χ1n) is 13.2. The summed E-state index contributed by atoms with van der Waals surface area (Å²) in [5, 5.41) is 0. The molecule has 1 fully saturated rings. The fourth-order valence-corrected chi connectivity index (χ4v) is 5.20. The normalized spacial score (nSPS) is 14.5. The molecule has 204 valence electrons. The highest BCUT2D eigenvalue weighted by Gasteiger charge is 2.26. The molecule has 39 heavy (non-hydrogen) atoms. The molecule has 0 N–H and O–H groups in total. The topological polar surface area (TPSA) is 81.8 Å². The standard InChI is InChI=1S/C30H35N5O4/c1-21-16-24(38-4)10-11-25(21)35(30(37)39-20-23-8-6-5-7-9-23)28-17-26-27(18-31-28)33(3)29(36)34(26)19-22-12-14-32(2)15-13-22/h5-11,16-18,22H,12-15,19-20H2,1-4H3. The van der Waals surface area contributed by atoms with Crippen molar-refractivity contribution in [3.8, 4) is 5.75 Å².